The number of nitrogens with zero attached hydrogens (tertiary/aromatic N) is 3. The predicted octanol–water partition coefficient (Wildman–Crippen LogP) is 3.17. The molecule has 0 unspecified atom stereocenters. The lowest BCUT2D eigenvalue weighted by atomic mass is 10.2. The second-order valence-corrected chi connectivity index (χ2v) is 5.54. The van der Waals surface area contributed by atoms with E-state index in [2.05, 4.69) is 10.3 Å². The Morgan fingerprint density at radius 2 is 2.00 bits per heavy atom. The van der Waals surface area contributed by atoms with Crippen molar-refractivity contribution >= 4 is 28.7 Å². The molecule has 0 aliphatic rings. The molecule has 0 spiro atoms. The molecule has 0 amide bonds. The molecule has 0 fully saturated rings. The lowest BCUT2D eigenvalue weighted by Gasteiger charge is -2.02. The van der Waals surface area contributed by atoms with Crippen LogP contribution in [0.15, 0.2) is 53.4 Å². The van der Waals surface area contributed by atoms with Gasteiger partial charge in [-0.3, -0.25) is 4.79 Å². The summed E-state index contributed by atoms with van der Waals surface area (Å²) in [6.45, 7) is 1.99. The molecule has 0 aliphatic carbocycles. The lowest BCUT2D eigenvalue weighted by Crippen LogP contribution is -2.14. The van der Waals surface area contributed by atoms with Crippen LogP contribution in [-0.2, 0) is 0 Å². The molecule has 100 valence electrons. The summed E-state index contributed by atoms with van der Waals surface area (Å²) >= 11 is 1.50. The van der Waals surface area contributed by atoms with Gasteiger partial charge in [0, 0.05) is 4.90 Å². The van der Waals surface area contributed by atoms with Gasteiger partial charge in [-0.05, 0) is 36.8 Å². The summed E-state index contributed by atoms with van der Waals surface area (Å²) in [5, 5.41) is 7.99. The molecule has 1 heterocycles. The maximum Gasteiger partial charge on any atom is 0.259 e. The van der Waals surface area contributed by atoms with Crippen LogP contribution in [0.25, 0.3) is 11.0 Å². The second-order valence-electron chi connectivity index (χ2n) is 4.49. The van der Waals surface area contributed by atoms with Gasteiger partial charge in [0.1, 0.15) is 5.52 Å². The van der Waals surface area contributed by atoms with Gasteiger partial charge in [0.05, 0.1) is 11.3 Å². The molecular weight excluding hydrogens is 270 g/mol. The molecule has 1 aromatic heterocycles. The standard InChI is InChI=1S/C15H13N3OS/c1-11-7-8-14-13(9-11)16-17-18(14)15(19)10-20-12-5-3-2-4-6-12/h2-9H,10H2,1H3. The Balaban J connectivity index is 1.79. The molecule has 0 atom stereocenters. The van der Waals surface area contributed by atoms with Gasteiger partial charge >= 0.3 is 0 Å². The highest BCUT2D eigenvalue weighted by Gasteiger charge is 2.12. The topological polar surface area (TPSA) is 47.8 Å². The summed E-state index contributed by atoms with van der Waals surface area (Å²) in [6.07, 6.45) is 0. The maximum atomic E-state index is 12.2. The Kier molecular flexibility index (Phi) is 3.52. The Morgan fingerprint density at radius 1 is 1.20 bits per heavy atom. The minimum Gasteiger partial charge on any atom is -0.272 e. The highest BCUT2D eigenvalue weighted by molar-refractivity contribution is 8.00. The van der Waals surface area contributed by atoms with Crippen molar-refractivity contribution in [3.05, 3.63) is 54.1 Å². The monoisotopic (exact) mass is 283 g/mol. The van der Waals surface area contributed by atoms with Crippen molar-refractivity contribution in [3.8, 4) is 0 Å². The molecule has 0 saturated heterocycles. The number of fused-ring (bicyclic) bond motifs is 1. The summed E-state index contributed by atoms with van der Waals surface area (Å²) in [6, 6.07) is 15.6. The highest BCUT2D eigenvalue weighted by Crippen LogP contribution is 2.18. The molecule has 3 rings (SSSR count). The summed E-state index contributed by atoms with van der Waals surface area (Å²) in [4.78, 5) is 13.3. The first-order valence-electron chi connectivity index (χ1n) is 6.27. The number of hydrogen-bond donors (Lipinski definition) is 0. The molecule has 4 nitrogen and oxygen atoms in total. The van der Waals surface area contributed by atoms with Crippen molar-refractivity contribution in [2.75, 3.05) is 5.75 Å². The Labute approximate surface area is 120 Å². The average Bonchev–Trinajstić information content (AvgIpc) is 2.89. The van der Waals surface area contributed by atoms with E-state index in [1.165, 1.54) is 16.4 Å². The summed E-state index contributed by atoms with van der Waals surface area (Å²) in [7, 11) is 0. The number of hydrogen-bond acceptors (Lipinski definition) is 4. The van der Waals surface area contributed by atoms with E-state index >= 15 is 0 Å². The number of benzene rings is 2. The first-order chi connectivity index (χ1) is 9.74. The van der Waals surface area contributed by atoms with Crippen LogP contribution >= 0.6 is 11.8 Å². The number of carbonyl (C=O) groups is 1. The van der Waals surface area contributed by atoms with Crippen molar-refractivity contribution in [1.29, 1.82) is 0 Å². The van der Waals surface area contributed by atoms with E-state index in [0.29, 0.717) is 5.75 Å². The van der Waals surface area contributed by atoms with Gasteiger partial charge in [-0.15, -0.1) is 16.9 Å². The molecule has 2 aromatic carbocycles. The second kappa shape index (κ2) is 5.46. The smallest absolute Gasteiger partial charge is 0.259 e. The van der Waals surface area contributed by atoms with Gasteiger partial charge < -0.3 is 0 Å². The maximum absolute atomic E-state index is 12.2. The van der Waals surface area contributed by atoms with E-state index in [0.717, 1.165) is 21.5 Å². The third-order valence-electron chi connectivity index (χ3n) is 2.94. The van der Waals surface area contributed by atoms with Gasteiger partial charge in [-0.2, -0.15) is 4.68 Å². The third kappa shape index (κ3) is 2.58. The average molecular weight is 283 g/mol. The van der Waals surface area contributed by atoms with Crippen molar-refractivity contribution in [3.63, 3.8) is 0 Å². The third-order valence-corrected chi connectivity index (χ3v) is 3.94. The van der Waals surface area contributed by atoms with Crippen molar-refractivity contribution < 1.29 is 4.79 Å². The largest absolute Gasteiger partial charge is 0.272 e. The number of aryl methyl sites for hydroxylation is 1. The quantitative estimate of drug-likeness (QED) is 0.693. The van der Waals surface area contributed by atoms with Crippen LogP contribution in [0.3, 0.4) is 0 Å². The summed E-state index contributed by atoms with van der Waals surface area (Å²) in [5.41, 5.74) is 2.62. The summed E-state index contributed by atoms with van der Waals surface area (Å²) < 4.78 is 1.38. The SMILES string of the molecule is Cc1ccc2c(c1)nnn2C(=O)CSc1ccccc1. The van der Waals surface area contributed by atoms with E-state index < -0.39 is 0 Å². The number of thioether (sulfide) groups is 1. The van der Waals surface area contributed by atoms with Gasteiger partial charge in [0.15, 0.2) is 0 Å². The van der Waals surface area contributed by atoms with Crippen molar-refractivity contribution in [1.82, 2.24) is 15.0 Å². The van der Waals surface area contributed by atoms with Crippen LogP contribution < -0.4 is 0 Å². The Morgan fingerprint density at radius 3 is 2.80 bits per heavy atom. The van der Waals surface area contributed by atoms with Gasteiger partial charge in [-0.25, -0.2) is 0 Å². The molecule has 0 bridgehead atoms. The molecular formula is C15H13N3OS. The minimum atomic E-state index is -0.0646. The lowest BCUT2D eigenvalue weighted by molar-refractivity contribution is 0.0929. The van der Waals surface area contributed by atoms with Gasteiger partial charge in [0.25, 0.3) is 5.91 Å². The van der Waals surface area contributed by atoms with Gasteiger partial charge in [-0.1, -0.05) is 29.5 Å². The molecule has 20 heavy (non-hydrogen) atoms. The molecule has 5 heteroatoms. The van der Waals surface area contributed by atoms with Crippen molar-refractivity contribution in [2.45, 2.75) is 11.8 Å². The van der Waals surface area contributed by atoms with Crippen LogP contribution in [0.2, 0.25) is 0 Å². The first kappa shape index (κ1) is 12.9. The van der Waals surface area contributed by atoms with E-state index in [9.17, 15) is 4.79 Å². The van der Waals surface area contributed by atoms with Crippen LogP contribution in [-0.4, -0.2) is 26.7 Å². The predicted molar refractivity (Wildman–Crippen MR) is 80.1 cm³/mol. The zero-order valence-corrected chi connectivity index (χ0v) is 11.8. The molecule has 3 aromatic rings. The fourth-order valence-electron chi connectivity index (χ4n) is 1.94. The number of rotatable bonds is 3. The van der Waals surface area contributed by atoms with Crippen LogP contribution in [0.1, 0.15) is 10.4 Å². The Hall–Kier alpha value is -2.14. The summed E-state index contributed by atoms with van der Waals surface area (Å²) in [5.74, 6) is 0.279. The van der Waals surface area contributed by atoms with Crippen LogP contribution in [0.4, 0.5) is 0 Å². The number of aromatic nitrogens is 3. The fraction of sp³-hybridized carbons (Fsp3) is 0.133. The van der Waals surface area contributed by atoms with Crippen LogP contribution in [0.5, 0.6) is 0 Å². The zero-order chi connectivity index (χ0) is 13.9. The van der Waals surface area contributed by atoms with E-state index in [4.69, 9.17) is 0 Å². The van der Waals surface area contributed by atoms with Crippen LogP contribution in [0, 0.1) is 6.92 Å². The Bertz CT molecular complexity index is 752. The number of carbonyl (C=O) groups excluding carboxylic acids is 1. The van der Waals surface area contributed by atoms with E-state index in [-0.39, 0.29) is 5.91 Å². The van der Waals surface area contributed by atoms with Gasteiger partial charge in [0.2, 0.25) is 0 Å². The molecule has 0 N–H and O–H groups in total. The van der Waals surface area contributed by atoms with E-state index in [1.807, 2.05) is 55.5 Å². The molecule has 0 saturated carbocycles. The minimum absolute atomic E-state index is 0.0646. The normalized spacial score (nSPS) is 10.8. The fourth-order valence-corrected chi connectivity index (χ4v) is 2.70. The molecule has 0 aliphatic heterocycles. The zero-order valence-electron chi connectivity index (χ0n) is 11.0. The van der Waals surface area contributed by atoms with Crippen molar-refractivity contribution in [2.24, 2.45) is 0 Å². The first-order valence-corrected chi connectivity index (χ1v) is 7.26. The highest BCUT2D eigenvalue weighted by atomic mass is 32.2. The molecule has 0 radical (unpaired) electrons. The van der Waals surface area contributed by atoms with E-state index in [1.54, 1.807) is 0 Å².